The minimum atomic E-state index is -0.244. The van der Waals surface area contributed by atoms with E-state index in [0.29, 0.717) is 35.5 Å². The fourth-order valence-electron chi connectivity index (χ4n) is 2.45. The van der Waals surface area contributed by atoms with Crippen LogP contribution in [-0.4, -0.2) is 33.6 Å². The molecule has 0 aliphatic rings. The van der Waals surface area contributed by atoms with E-state index in [1.165, 1.54) is 0 Å². The molecule has 24 heavy (non-hydrogen) atoms. The summed E-state index contributed by atoms with van der Waals surface area (Å²) in [7, 11) is 0. The Morgan fingerprint density at radius 3 is 1.38 bits per heavy atom. The van der Waals surface area contributed by atoms with E-state index in [4.69, 9.17) is 9.47 Å². The normalized spacial score (nSPS) is 10.7. The molecule has 6 nitrogen and oxygen atoms in total. The van der Waals surface area contributed by atoms with Gasteiger partial charge in [0.25, 0.3) is 0 Å². The molecule has 0 amide bonds. The van der Waals surface area contributed by atoms with E-state index in [1.807, 2.05) is 0 Å². The van der Waals surface area contributed by atoms with E-state index in [-0.39, 0.29) is 36.2 Å². The van der Waals surface area contributed by atoms with Crippen molar-refractivity contribution in [3.05, 3.63) is 35.4 Å². The summed E-state index contributed by atoms with van der Waals surface area (Å²) in [6.07, 6.45) is 0. The number of hydrogen-bond acceptors (Lipinski definition) is 6. The summed E-state index contributed by atoms with van der Waals surface area (Å²) in [4.78, 5) is 0. The quantitative estimate of drug-likeness (QED) is 0.621. The molecule has 0 atom stereocenters. The van der Waals surface area contributed by atoms with Gasteiger partial charge in [-0.15, -0.1) is 0 Å². The third-order valence-electron chi connectivity index (χ3n) is 3.52. The number of rotatable bonds is 7. The first-order valence-corrected chi connectivity index (χ1v) is 7.75. The number of aliphatic hydroxyl groups is 2. The first-order chi connectivity index (χ1) is 11.5. The van der Waals surface area contributed by atoms with Gasteiger partial charge in [-0.05, 0) is 49.2 Å². The topological polar surface area (TPSA) is 99.4 Å². The van der Waals surface area contributed by atoms with Crippen molar-refractivity contribution >= 4 is 0 Å². The van der Waals surface area contributed by atoms with Gasteiger partial charge in [0.15, 0.2) is 23.0 Å². The molecule has 0 saturated carbocycles. The predicted molar refractivity (Wildman–Crippen MR) is 89.4 cm³/mol. The van der Waals surface area contributed by atoms with Crippen molar-refractivity contribution in [2.75, 3.05) is 13.2 Å². The zero-order chi connectivity index (χ0) is 17.7. The van der Waals surface area contributed by atoms with Gasteiger partial charge in [0.2, 0.25) is 0 Å². The zero-order valence-electron chi connectivity index (χ0n) is 13.7. The smallest absolute Gasteiger partial charge is 0.165 e. The van der Waals surface area contributed by atoms with Crippen LogP contribution in [0, 0.1) is 0 Å². The molecule has 0 bridgehead atoms. The molecule has 4 N–H and O–H groups in total. The van der Waals surface area contributed by atoms with Crippen LogP contribution in [0.5, 0.6) is 23.0 Å². The molecule has 0 saturated heterocycles. The summed E-state index contributed by atoms with van der Waals surface area (Å²) in [6.45, 7) is 3.76. The SMILES string of the molecule is CCOc1cc(CO)cc(-c2cc(CO)cc(OCC)c2O)c1O. The number of phenolic OH excluding ortho intramolecular Hbond substituents is 2. The molecular formula is C18H22O6. The maximum absolute atomic E-state index is 10.5. The lowest BCUT2D eigenvalue weighted by molar-refractivity contribution is 0.278. The summed E-state index contributed by atoms with van der Waals surface area (Å²) in [5.74, 6) is 0.125. The van der Waals surface area contributed by atoms with Gasteiger partial charge in [-0.1, -0.05) is 0 Å². The number of ether oxygens (including phenoxy) is 2. The number of benzene rings is 2. The van der Waals surface area contributed by atoms with Crippen molar-refractivity contribution < 1.29 is 29.9 Å². The summed E-state index contributed by atoms with van der Waals surface area (Å²) in [5.41, 5.74) is 1.63. The van der Waals surface area contributed by atoms with Crippen LogP contribution in [0.3, 0.4) is 0 Å². The van der Waals surface area contributed by atoms with Gasteiger partial charge in [0.1, 0.15) is 0 Å². The second kappa shape index (κ2) is 7.90. The molecule has 0 aliphatic carbocycles. The first-order valence-electron chi connectivity index (χ1n) is 7.75. The van der Waals surface area contributed by atoms with Crippen molar-refractivity contribution in [1.29, 1.82) is 0 Å². The van der Waals surface area contributed by atoms with Crippen molar-refractivity contribution in [1.82, 2.24) is 0 Å². The molecule has 2 aromatic carbocycles. The molecule has 6 heteroatoms. The number of aliphatic hydroxyl groups excluding tert-OH is 2. The van der Waals surface area contributed by atoms with Gasteiger partial charge in [0, 0.05) is 11.1 Å². The highest BCUT2D eigenvalue weighted by molar-refractivity contribution is 5.81. The Kier molecular flexibility index (Phi) is 5.89. The fraction of sp³-hybridized carbons (Fsp3) is 0.333. The van der Waals surface area contributed by atoms with Crippen LogP contribution in [0.1, 0.15) is 25.0 Å². The van der Waals surface area contributed by atoms with E-state index >= 15 is 0 Å². The summed E-state index contributed by atoms with van der Waals surface area (Å²) >= 11 is 0. The molecule has 0 unspecified atom stereocenters. The highest BCUT2D eigenvalue weighted by Gasteiger charge is 2.19. The molecule has 0 heterocycles. The maximum atomic E-state index is 10.5. The Labute approximate surface area is 140 Å². The number of phenols is 2. The summed E-state index contributed by atoms with van der Waals surface area (Å²) in [6, 6.07) is 6.20. The highest BCUT2D eigenvalue weighted by atomic mass is 16.5. The predicted octanol–water partition coefficient (Wildman–Crippen LogP) is 2.55. The second-order valence-corrected chi connectivity index (χ2v) is 5.16. The van der Waals surface area contributed by atoms with Crippen molar-refractivity contribution in [3.63, 3.8) is 0 Å². The van der Waals surface area contributed by atoms with E-state index in [1.54, 1.807) is 38.1 Å². The molecule has 2 rings (SSSR count). The van der Waals surface area contributed by atoms with Gasteiger partial charge in [-0.25, -0.2) is 0 Å². The van der Waals surface area contributed by atoms with Crippen LogP contribution in [0.2, 0.25) is 0 Å². The van der Waals surface area contributed by atoms with Gasteiger partial charge in [0.05, 0.1) is 26.4 Å². The van der Waals surface area contributed by atoms with E-state index < -0.39 is 0 Å². The van der Waals surface area contributed by atoms with E-state index in [0.717, 1.165) is 0 Å². The van der Waals surface area contributed by atoms with E-state index in [2.05, 4.69) is 0 Å². The van der Waals surface area contributed by atoms with Crippen LogP contribution in [-0.2, 0) is 13.2 Å². The van der Waals surface area contributed by atoms with Crippen molar-refractivity contribution in [2.24, 2.45) is 0 Å². The van der Waals surface area contributed by atoms with Gasteiger partial charge >= 0.3 is 0 Å². The van der Waals surface area contributed by atoms with Gasteiger partial charge < -0.3 is 29.9 Å². The summed E-state index contributed by atoms with van der Waals surface area (Å²) < 4.78 is 10.8. The molecule has 130 valence electrons. The molecule has 2 aromatic rings. The minimum absolute atomic E-state index is 0.151. The molecule has 0 aromatic heterocycles. The van der Waals surface area contributed by atoms with Crippen LogP contribution < -0.4 is 9.47 Å². The fourth-order valence-corrected chi connectivity index (χ4v) is 2.45. The molecule has 0 aliphatic heterocycles. The standard InChI is InChI=1S/C18H22O6/c1-3-23-15-7-11(9-19)5-13(17(15)21)14-6-12(10-20)8-16(18(14)22)24-4-2/h5-8,19-22H,3-4,9-10H2,1-2H3. The Morgan fingerprint density at radius 1 is 0.708 bits per heavy atom. The van der Waals surface area contributed by atoms with Crippen LogP contribution in [0.15, 0.2) is 24.3 Å². The maximum Gasteiger partial charge on any atom is 0.165 e. The molecule has 0 fully saturated rings. The minimum Gasteiger partial charge on any atom is -0.504 e. The first kappa shape index (κ1) is 17.9. The Hall–Kier alpha value is -2.44. The average Bonchev–Trinajstić information content (AvgIpc) is 2.59. The lowest BCUT2D eigenvalue weighted by Crippen LogP contribution is -1.98. The Balaban J connectivity index is 2.70. The van der Waals surface area contributed by atoms with Crippen LogP contribution in [0.25, 0.3) is 11.1 Å². The Bertz CT molecular complexity index is 650. The van der Waals surface area contributed by atoms with Crippen molar-refractivity contribution in [3.8, 4) is 34.1 Å². The summed E-state index contributed by atoms with van der Waals surface area (Å²) in [5, 5.41) is 39.8. The lowest BCUT2D eigenvalue weighted by atomic mass is 9.98. The lowest BCUT2D eigenvalue weighted by Gasteiger charge is -2.16. The zero-order valence-corrected chi connectivity index (χ0v) is 13.7. The number of aromatic hydroxyl groups is 2. The number of hydrogen-bond donors (Lipinski definition) is 4. The van der Waals surface area contributed by atoms with Crippen LogP contribution >= 0.6 is 0 Å². The van der Waals surface area contributed by atoms with E-state index in [9.17, 15) is 20.4 Å². The average molecular weight is 334 g/mol. The monoisotopic (exact) mass is 334 g/mol. The van der Waals surface area contributed by atoms with Crippen LogP contribution in [0.4, 0.5) is 0 Å². The molecule has 0 radical (unpaired) electrons. The van der Waals surface area contributed by atoms with Gasteiger partial charge in [-0.2, -0.15) is 0 Å². The van der Waals surface area contributed by atoms with Crippen molar-refractivity contribution in [2.45, 2.75) is 27.1 Å². The van der Waals surface area contributed by atoms with Gasteiger partial charge in [-0.3, -0.25) is 0 Å². The molecule has 0 spiro atoms. The molecular weight excluding hydrogens is 312 g/mol. The largest absolute Gasteiger partial charge is 0.504 e. The third kappa shape index (κ3) is 3.55. The highest BCUT2D eigenvalue weighted by Crippen LogP contribution is 2.45. The second-order valence-electron chi connectivity index (χ2n) is 5.16. The Morgan fingerprint density at radius 2 is 1.08 bits per heavy atom. The third-order valence-corrected chi connectivity index (χ3v) is 3.52.